The van der Waals surface area contributed by atoms with Crippen molar-refractivity contribution in [2.24, 2.45) is 5.92 Å². The molecule has 2 aliphatic rings. The first-order chi connectivity index (χ1) is 16.4. The number of anilines is 2. The molecule has 2 aromatic heterocycles. The molecule has 4 rings (SSSR count). The molecule has 1 saturated carbocycles. The van der Waals surface area contributed by atoms with E-state index in [0.717, 1.165) is 31.4 Å². The lowest BCUT2D eigenvalue weighted by molar-refractivity contribution is -0.136. The normalized spacial score (nSPS) is 16.1. The number of nitrogens with one attached hydrogen (secondary N) is 1. The minimum absolute atomic E-state index is 0.00198. The lowest BCUT2D eigenvalue weighted by Gasteiger charge is -2.32. The Labute approximate surface area is 198 Å². The van der Waals surface area contributed by atoms with Gasteiger partial charge in [-0.1, -0.05) is 6.07 Å². The van der Waals surface area contributed by atoms with Crippen LogP contribution in [0.25, 0.3) is 0 Å². The van der Waals surface area contributed by atoms with Crippen LogP contribution in [0, 0.1) is 17.2 Å². The zero-order valence-corrected chi connectivity index (χ0v) is 19.3. The van der Waals surface area contributed by atoms with Gasteiger partial charge in [0.2, 0.25) is 5.91 Å². The number of nitriles is 1. The van der Waals surface area contributed by atoms with Crippen molar-refractivity contribution < 1.29 is 14.4 Å². The number of likely N-dealkylation sites (N-methyl/N-ethyl adjacent to an activating group) is 1. The van der Waals surface area contributed by atoms with E-state index in [1.807, 2.05) is 11.9 Å². The maximum atomic E-state index is 12.8. The van der Waals surface area contributed by atoms with E-state index in [1.54, 1.807) is 30.1 Å². The molecule has 2 aromatic rings. The Hall–Kier alpha value is -3.84. The molecule has 3 amide bonds. The fourth-order valence-corrected chi connectivity index (χ4v) is 3.88. The van der Waals surface area contributed by atoms with Crippen molar-refractivity contribution in [3.05, 3.63) is 46.8 Å². The first-order valence-corrected chi connectivity index (χ1v) is 11.2. The molecule has 0 bridgehead atoms. The van der Waals surface area contributed by atoms with E-state index in [9.17, 15) is 19.6 Å². The van der Waals surface area contributed by atoms with Gasteiger partial charge in [0.1, 0.15) is 23.4 Å². The van der Waals surface area contributed by atoms with Crippen molar-refractivity contribution in [2.45, 2.75) is 25.8 Å². The summed E-state index contributed by atoms with van der Waals surface area (Å²) in [5, 5.41) is 12.1. The van der Waals surface area contributed by atoms with E-state index >= 15 is 0 Å². The molecule has 0 radical (unpaired) electrons. The highest BCUT2D eigenvalue weighted by Gasteiger charge is 2.25. The highest BCUT2D eigenvalue weighted by molar-refractivity contribution is 6.00. The predicted molar refractivity (Wildman–Crippen MR) is 125 cm³/mol. The molecule has 1 saturated heterocycles. The summed E-state index contributed by atoms with van der Waals surface area (Å²) in [6, 6.07) is 6.79. The molecule has 2 fully saturated rings. The maximum absolute atomic E-state index is 12.8. The molecular formula is C24H27N7O3. The Morgan fingerprint density at radius 1 is 1.32 bits per heavy atom. The largest absolute Gasteiger partial charge is 0.336 e. The van der Waals surface area contributed by atoms with Gasteiger partial charge >= 0.3 is 6.03 Å². The summed E-state index contributed by atoms with van der Waals surface area (Å²) in [7, 11) is 3.44. The molecule has 0 unspecified atom stereocenters. The second-order valence-corrected chi connectivity index (χ2v) is 8.86. The van der Waals surface area contributed by atoms with Gasteiger partial charge < -0.3 is 4.90 Å². The van der Waals surface area contributed by atoms with Gasteiger partial charge in [0, 0.05) is 38.4 Å². The minimum Gasteiger partial charge on any atom is -0.336 e. The average molecular weight is 462 g/mol. The Bertz CT molecular complexity index is 1160. The van der Waals surface area contributed by atoms with Crippen molar-refractivity contribution in [2.75, 3.05) is 43.9 Å². The molecular weight excluding hydrogens is 434 g/mol. The highest BCUT2D eigenvalue weighted by atomic mass is 16.2. The number of carbonyl (C=O) groups is 3. The molecule has 10 heteroatoms. The summed E-state index contributed by atoms with van der Waals surface area (Å²) in [5.74, 6) is 1.24. The molecule has 34 heavy (non-hydrogen) atoms. The second-order valence-electron chi connectivity index (χ2n) is 8.86. The van der Waals surface area contributed by atoms with Crippen molar-refractivity contribution in [3.8, 4) is 6.07 Å². The van der Waals surface area contributed by atoms with Gasteiger partial charge in [-0.15, -0.1) is 0 Å². The average Bonchev–Trinajstić information content (AvgIpc) is 3.64. The standard InChI is InChI=1S/C24H27N7O3/c1-29-7-8-31(23(33)14-29)13-17-5-6-22(27-20(17)15-32)30(2)24(34)28-21-10-18(9-16-3-4-16)19(11-25)12-26-21/h5-6,10,12,15-16H,3-4,7-9,13-14H2,1-2H3,(H,26,28,34). The third kappa shape index (κ3) is 5.38. The van der Waals surface area contributed by atoms with Crippen LogP contribution in [0.3, 0.4) is 0 Å². The van der Waals surface area contributed by atoms with Gasteiger partial charge in [0.05, 0.1) is 12.1 Å². The van der Waals surface area contributed by atoms with Gasteiger partial charge in [-0.25, -0.2) is 14.8 Å². The van der Waals surface area contributed by atoms with Crippen LogP contribution in [-0.4, -0.2) is 71.7 Å². The van der Waals surface area contributed by atoms with Crippen LogP contribution >= 0.6 is 0 Å². The number of amides is 3. The van der Waals surface area contributed by atoms with Crippen LogP contribution in [0.5, 0.6) is 0 Å². The predicted octanol–water partition coefficient (Wildman–Crippen LogP) is 2.06. The molecule has 0 spiro atoms. The molecule has 3 heterocycles. The third-order valence-corrected chi connectivity index (χ3v) is 6.18. The summed E-state index contributed by atoms with van der Waals surface area (Å²) in [5.41, 5.74) is 2.21. The summed E-state index contributed by atoms with van der Waals surface area (Å²) in [4.78, 5) is 50.2. The third-order valence-electron chi connectivity index (χ3n) is 6.18. The molecule has 1 N–H and O–H groups in total. The summed E-state index contributed by atoms with van der Waals surface area (Å²) in [6.07, 6.45) is 5.22. The Morgan fingerprint density at radius 3 is 2.79 bits per heavy atom. The quantitative estimate of drug-likeness (QED) is 0.626. The van der Waals surface area contributed by atoms with Crippen LogP contribution in [-0.2, 0) is 17.8 Å². The van der Waals surface area contributed by atoms with E-state index in [4.69, 9.17) is 0 Å². The van der Waals surface area contributed by atoms with Crippen LogP contribution in [0.15, 0.2) is 24.4 Å². The fraction of sp³-hybridized carbons (Fsp3) is 0.417. The van der Waals surface area contributed by atoms with Crippen molar-refractivity contribution in [1.82, 2.24) is 19.8 Å². The van der Waals surface area contributed by atoms with E-state index in [1.165, 1.54) is 11.1 Å². The lowest BCUT2D eigenvalue weighted by Crippen LogP contribution is -2.48. The van der Waals surface area contributed by atoms with Gasteiger partial charge in [-0.05, 0) is 49.9 Å². The zero-order valence-electron chi connectivity index (χ0n) is 19.3. The van der Waals surface area contributed by atoms with E-state index in [0.29, 0.717) is 54.6 Å². The Kier molecular flexibility index (Phi) is 6.84. The number of carbonyl (C=O) groups excluding carboxylic acids is 3. The van der Waals surface area contributed by atoms with E-state index in [2.05, 4.69) is 21.4 Å². The SMILES string of the molecule is CN1CCN(Cc2ccc(N(C)C(=O)Nc3cc(CC4CC4)c(C#N)cn3)nc2C=O)C(=O)C1. The molecule has 1 aliphatic carbocycles. The number of nitrogens with zero attached hydrogens (tertiary/aromatic N) is 6. The van der Waals surface area contributed by atoms with Gasteiger partial charge in [0.15, 0.2) is 6.29 Å². The molecule has 10 nitrogen and oxygen atoms in total. The molecule has 0 atom stereocenters. The van der Waals surface area contributed by atoms with Crippen molar-refractivity contribution >= 4 is 29.9 Å². The van der Waals surface area contributed by atoms with E-state index < -0.39 is 6.03 Å². The van der Waals surface area contributed by atoms with Gasteiger partial charge in [-0.2, -0.15) is 5.26 Å². The molecule has 0 aromatic carbocycles. The molecule has 1 aliphatic heterocycles. The number of aromatic nitrogens is 2. The smallest absolute Gasteiger partial charge is 0.328 e. The zero-order chi connectivity index (χ0) is 24.2. The van der Waals surface area contributed by atoms with Crippen LogP contribution in [0.2, 0.25) is 0 Å². The second kappa shape index (κ2) is 9.97. The van der Waals surface area contributed by atoms with Crippen LogP contribution < -0.4 is 10.2 Å². The summed E-state index contributed by atoms with van der Waals surface area (Å²) in [6.45, 7) is 1.99. The monoisotopic (exact) mass is 461 g/mol. The number of urea groups is 1. The van der Waals surface area contributed by atoms with E-state index in [-0.39, 0.29) is 11.6 Å². The van der Waals surface area contributed by atoms with Crippen molar-refractivity contribution in [1.29, 1.82) is 5.26 Å². The summed E-state index contributed by atoms with van der Waals surface area (Å²) >= 11 is 0. The van der Waals surface area contributed by atoms with Crippen LogP contribution in [0.4, 0.5) is 16.4 Å². The first kappa shape index (κ1) is 23.3. The lowest BCUT2D eigenvalue weighted by atomic mass is 10.1. The topological polar surface area (TPSA) is 123 Å². The van der Waals surface area contributed by atoms with Crippen molar-refractivity contribution in [3.63, 3.8) is 0 Å². The number of hydrogen-bond donors (Lipinski definition) is 1. The molecule has 176 valence electrons. The first-order valence-electron chi connectivity index (χ1n) is 11.2. The number of aldehydes is 1. The minimum atomic E-state index is -0.471. The summed E-state index contributed by atoms with van der Waals surface area (Å²) < 4.78 is 0. The van der Waals surface area contributed by atoms with Gasteiger partial charge in [-0.3, -0.25) is 24.7 Å². The number of piperazine rings is 1. The maximum Gasteiger partial charge on any atom is 0.328 e. The van der Waals surface area contributed by atoms with Gasteiger partial charge in [0.25, 0.3) is 0 Å². The number of pyridine rings is 2. The Balaban J connectivity index is 1.45. The van der Waals surface area contributed by atoms with Crippen LogP contribution in [0.1, 0.15) is 40.0 Å². The highest BCUT2D eigenvalue weighted by Crippen LogP contribution is 2.33. The Morgan fingerprint density at radius 2 is 2.12 bits per heavy atom. The fourth-order valence-electron chi connectivity index (χ4n) is 3.88. The number of hydrogen-bond acceptors (Lipinski definition) is 7. The number of rotatable bonds is 7.